The first-order valence-electron chi connectivity index (χ1n) is 5.37. The summed E-state index contributed by atoms with van der Waals surface area (Å²) in [6, 6.07) is 0. The molecule has 0 atom stereocenters. The fraction of sp³-hybridized carbons (Fsp3) is 0.455. The molecule has 0 aromatic carbocycles. The lowest BCUT2D eigenvalue weighted by molar-refractivity contribution is -0.275. The van der Waals surface area contributed by atoms with Crippen LogP contribution in [-0.2, 0) is 21.8 Å². The Kier molecular flexibility index (Phi) is 5.70. The van der Waals surface area contributed by atoms with E-state index in [4.69, 9.17) is 11.6 Å². The second-order valence-corrected chi connectivity index (χ2v) is 3.96. The number of aromatic nitrogens is 1. The Hall–Kier alpha value is -1.64. The maximum atomic E-state index is 13.1. The molecule has 0 radical (unpaired) electrons. The van der Waals surface area contributed by atoms with Crippen molar-refractivity contribution in [2.45, 2.75) is 25.1 Å². The minimum absolute atomic E-state index is 0.333. The first kappa shape index (κ1) is 17.4. The normalized spacial score (nSPS) is 11.6. The van der Waals surface area contributed by atoms with Crippen molar-refractivity contribution in [3.05, 3.63) is 23.0 Å². The number of halogens is 6. The molecule has 0 unspecified atom stereocenters. The van der Waals surface area contributed by atoms with Gasteiger partial charge in [-0.15, -0.1) is 24.8 Å². The van der Waals surface area contributed by atoms with E-state index in [1.165, 1.54) is 0 Å². The minimum atomic E-state index is -5.12. The maximum absolute atomic E-state index is 13.1. The molecular weight excluding hydrogens is 325 g/mol. The standard InChI is InChI=1S/C11H9ClF5NO3/c1-20-8(19)2-5-7(21-11(15,16)17)4-18-6(3-12)9(5)10(13)14/h4,10H,2-3H2,1H3. The van der Waals surface area contributed by atoms with E-state index in [9.17, 15) is 26.7 Å². The van der Waals surface area contributed by atoms with Crippen molar-refractivity contribution in [1.82, 2.24) is 4.98 Å². The van der Waals surface area contributed by atoms with Crippen LogP contribution in [0.4, 0.5) is 22.0 Å². The van der Waals surface area contributed by atoms with Crippen molar-refractivity contribution < 1.29 is 36.2 Å². The molecule has 4 nitrogen and oxygen atoms in total. The Morgan fingerprint density at radius 1 is 1.43 bits per heavy atom. The number of carbonyl (C=O) groups excluding carboxylic acids is 1. The predicted molar refractivity (Wildman–Crippen MR) is 61.2 cm³/mol. The zero-order valence-electron chi connectivity index (χ0n) is 10.5. The molecule has 1 heterocycles. The monoisotopic (exact) mass is 333 g/mol. The summed E-state index contributed by atoms with van der Waals surface area (Å²) < 4.78 is 70.8. The topological polar surface area (TPSA) is 48.4 Å². The van der Waals surface area contributed by atoms with Crippen LogP contribution in [0.15, 0.2) is 6.20 Å². The fourth-order valence-electron chi connectivity index (χ4n) is 1.57. The Morgan fingerprint density at radius 2 is 2.05 bits per heavy atom. The largest absolute Gasteiger partial charge is 0.573 e. The van der Waals surface area contributed by atoms with Crippen LogP contribution in [0.3, 0.4) is 0 Å². The second kappa shape index (κ2) is 6.88. The number of nitrogens with zero attached hydrogens (tertiary/aromatic N) is 1. The maximum Gasteiger partial charge on any atom is 0.573 e. The third-order valence-corrected chi connectivity index (χ3v) is 2.64. The molecule has 0 N–H and O–H groups in total. The number of ether oxygens (including phenoxy) is 2. The van der Waals surface area contributed by atoms with Crippen molar-refractivity contribution in [2.24, 2.45) is 0 Å². The van der Waals surface area contributed by atoms with Crippen LogP contribution in [0.5, 0.6) is 5.75 Å². The van der Waals surface area contributed by atoms with E-state index in [2.05, 4.69) is 14.5 Å². The molecule has 0 aliphatic heterocycles. The van der Waals surface area contributed by atoms with Crippen molar-refractivity contribution in [1.29, 1.82) is 0 Å². The van der Waals surface area contributed by atoms with Gasteiger partial charge in [-0.3, -0.25) is 9.78 Å². The molecule has 0 saturated heterocycles. The number of carbonyl (C=O) groups is 1. The molecule has 0 aliphatic rings. The summed E-state index contributed by atoms with van der Waals surface area (Å²) in [6.45, 7) is 0. The summed E-state index contributed by atoms with van der Waals surface area (Å²) in [7, 11) is 0.971. The van der Waals surface area contributed by atoms with E-state index in [0.29, 0.717) is 6.20 Å². The molecule has 0 aliphatic carbocycles. The molecular formula is C11H9ClF5NO3. The third kappa shape index (κ3) is 4.69. The predicted octanol–water partition coefficient (Wildman–Crippen LogP) is 3.37. The Bertz CT molecular complexity index is 521. The van der Waals surface area contributed by atoms with E-state index in [1.807, 2.05) is 0 Å². The average Bonchev–Trinajstić information content (AvgIpc) is 2.38. The van der Waals surface area contributed by atoms with Gasteiger partial charge in [0, 0.05) is 11.1 Å². The lowest BCUT2D eigenvalue weighted by Gasteiger charge is -2.17. The summed E-state index contributed by atoms with van der Waals surface area (Å²) in [5.74, 6) is -2.45. The zero-order chi connectivity index (χ0) is 16.2. The molecule has 0 amide bonds. The van der Waals surface area contributed by atoms with E-state index in [0.717, 1.165) is 7.11 Å². The molecule has 1 aromatic rings. The first-order chi connectivity index (χ1) is 9.69. The number of methoxy groups -OCH3 is 1. The number of hydrogen-bond donors (Lipinski definition) is 0. The van der Waals surface area contributed by atoms with E-state index < -0.39 is 47.9 Å². The van der Waals surface area contributed by atoms with Gasteiger partial charge in [0.15, 0.2) is 5.75 Å². The van der Waals surface area contributed by atoms with Crippen molar-refractivity contribution in [2.75, 3.05) is 7.11 Å². The van der Waals surface area contributed by atoms with E-state index in [1.54, 1.807) is 0 Å². The molecule has 1 rings (SSSR count). The van der Waals surface area contributed by atoms with Gasteiger partial charge in [-0.25, -0.2) is 8.78 Å². The smallest absolute Gasteiger partial charge is 0.469 e. The van der Waals surface area contributed by atoms with Gasteiger partial charge >= 0.3 is 12.3 Å². The van der Waals surface area contributed by atoms with Crippen LogP contribution in [0.25, 0.3) is 0 Å². The molecule has 10 heteroatoms. The summed E-state index contributed by atoms with van der Waals surface area (Å²) >= 11 is 5.43. The number of alkyl halides is 6. The second-order valence-electron chi connectivity index (χ2n) is 3.70. The van der Waals surface area contributed by atoms with Crippen LogP contribution in [0.1, 0.15) is 23.2 Å². The first-order valence-corrected chi connectivity index (χ1v) is 5.90. The van der Waals surface area contributed by atoms with Crippen LogP contribution >= 0.6 is 11.6 Å². The highest BCUT2D eigenvalue weighted by atomic mass is 35.5. The van der Waals surface area contributed by atoms with Crippen LogP contribution in [-0.4, -0.2) is 24.4 Å². The van der Waals surface area contributed by atoms with Gasteiger partial charge in [0.05, 0.1) is 31.3 Å². The van der Waals surface area contributed by atoms with Crippen LogP contribution < -0.4 is 4.74 Å². The van der Waals surface area contributed by atoms with Gasteiger partial charge in [0.1, 0.15) is 0 Å². The number of esters is 1. The summed E-state index contributed by atoms with van der Waals surface area (Å²) in [6.07, 6.45) is -8.53. The Labute approximate surface area is 120 Å². The number of hydrogen-bond acceptors (Lipinski definition) is 4. The summed E-state index contributed by atoms with van der Waals surface area (Å²) in [5.41, 5.74) is -1.85. The van der Waals surface area contributed by atoms with E-state index >= 15 is 0 Å². The molecule has 0 fully saturated rings. The van der Waals surface area contributed by atoms with Gasteiger partial charge in [0.25, 0.3) is 6.43 Å². The fourth-order valence-corrected chi connectivity index (χ4v) is 1.78. The molecule has 21 heavy (non-hydrogen) atoms. The lowest BCUT2D eigenvalue weighted by atomic mass is 10.0. The highest BCUT2D eigenvalue weighted by Crippen LogP contribution is 2.35. The van der Waals surface area contributed by atoms with Gasteiger partial charge < -0.3 is 9.47 Å². The molecule has 0 saturated carbocycles. The molecule has 118 valence electrons. The molecule has 1 aromatic heterocycles. The minimum Gasteiger partial charge on any atom is -0.469 e. The van der Waals surface area contributed by atoms with Crippen molar-refractivity contribution in [3.8, 4) is 5.75 Å². The number of pyridine rings is 1. The van der Waals surface area contributed by atoms with Gasteiger partial charge in [-0.2, -0.15) is 0 Å². The lowest BCUT2D eigenvalue weighted by Crippen LogP contribution is -2.20. The van der Waals surface area contributed by atoms with E-state index in [-0.39, 0.29) is 5.69 Å². The van der Waals surface area contributed by atoms with Crippen LogP contribution in [0.2, 0.25) is 0 Å². The molecule has 0 bridgehead atoms. The highest BCUT2D eigenvalue weighted by molar-refractivity contribution is 6.17. The van der Waals surface area contributed by atoms with Crippen LogP contribution in [0, 0.1) is 0 Å². The Morgan fingerprint density at radius 3 is 2.48 bits per heavy atom. The third-order valence-electron chi connectivity index (χ3n) is 2.39. The Balaban J connectivity index is 3.42. The SMILES string of the molecule is COC(=O)Cc1c(OC(F)(F)F)cnc(CCl)c1C(F)F. The van der Waals surface area contributed by atoms with Gasteiger partial charge in [-0.1, -0.05) is 0 Å². The van der Waals surface area contributed by atoms with Gasteiger partial charge in [-0.05, 0) is 0 Å². The highest BCUT2D eigenvalue weighted by Gasteiger charge is 2.34. The van der Waals surface area contributed by atoms with Crippen molar-refractivity contribution >= 4 is 17.6 Å². The average molecular weight is 334 g/mol. The van der Waals surface area contributed by atoms with Gasteiger partial charge in [0.2, 0.25) is 0 Å². The summed E-state index contributed by atoms with van der Waals surface area (Å²) in [4.78, 5) is 14.6. The quantitative estimate of drug-likeness (QED) is 0.471. The van der Waals surface area contributed by atoms with Crippen molar-refractivity contribution in [3.63, 3.8) is 0 Å². The molecule has 0 spiro atoms. The number of rotatable bonds is 5. The summed E-state index contributed by atoms with van der Waals surface area (Å²) in [5, 5.41) is 0. The zero-order valence-corrected chi connectivity index (χ0v) is 11.3.